The van der Waals surface area contributed by atoms with Gasteiger partial charge in [0.15, 0.2) is 5.82 Å². The Hall–Kier alpha value is -1.66. The summed E-state index contributed by atoms with van der Waals surface area (Å²) in [6, 6.07) is 10.6. The van der Waals surface area contributed by atoms with E-state index in [1.165, 1.54) is 11.9 Å². The van der Waals surface area contributed by atoms with Crippen LogP contribution in [0.2, 0.25) is 0 Å². The summed E-state index contributed by atoms with van der Waals surface area (Å²) in [4.78, 5) is 8.22. The minimum Gasteiger partial charge on any atom is -0.366 e. The zero-order chi connectivity index (χ0) is 13.7. The normalized spacial score (nSPS) is 11.9. The van der Waals surface area contributed by atoms with E-state index in [9.17, 15) is 0 Å². The monoisotopic (exact) mass is 321 g/mol. The van der Waals surface area contributed by atoms with Crippen LogP contribution < -0.4 is 16.6 Å². The largest absolute Gasteiger partial charge is 0.366 e. The highest BCUT2D eigenvalue weighted by atomic mass is 79.9. The number of aromatic nitrogens is 2. The molecule has 1 unspecified atom stereocenters. The lowest BCUT2D eigenvalue weighted by atomic mass is 10.1. The number of benzene rings is 1. The van der Waals surface area contributed by atoms with E-state index in [0.29, 0.717) is 5.82 Å². The molecule has 6 heteroatoms. The summed E-state index contributed by atoms with van der Waals surface area (Å²) >= 11 is 3.43. The van der Waals surface area contributed by atoms with Gasteiger partial charge in [-0.1, -0.05) is 30.3 Å². The minimum atomic E-state index is 0.249. The number of nitrogen functional groups attached to an aromatic ring is 1. The van der Waals surface area contributed by atoms with Crippen molar-refractivity contribution in [2.75, 3.05) is 10.7 Å². The van der Waals surface area contributed by atoms with Crippen LogP contribution in [0, 0.1) is 0 Å². The second-order valence-electron chi connectivity index (χ2n) is 4.26. The molecule has 0 aliphatic rings. The number of halogens is 1. The number of hydrogen-bond donors (Lipinski definition) is 3. The van der Waals surface area contributed by atoms with Crippen LogP contribution in [-0.4, -0.2) is 16.0 Å². The fourth-order valence-electron chi connectivity index (χ4n) is 1.82. The van der Waals surface area contributed by atoms with Gasteiger partial charge in [0.05, 0.1) is 0 Å². The van der Waals surface area contributed by atoms with E-state index in [2.05, 4.69) is 55.7 Å². The molecule has 0 radical (unpaired) electrons. The first-order valence-electron chi connectivity index (χ1n) is 5.98. The van der Waals surface area contributed by atoms with Crippen LogP contribution in [-0.2, 0) is 6.42 Å². The molecule has 1 heterocycles. The Bertz CT molecular complexity index is 532. The Morgan fingerprint density at radius 3 is 2.58 bits per heavy atom. The Morgan fingerprint density at radius 1 is 1.21 bits per heavy atom. The Kier molecular flexibility index (Phi) is 4.70. The van der Waals surface area contributed by atoms with Crippen molar-refractivity contribution in [3.05, 3.63) is 46.7 Å². The van der Waals surface area contributed by atoms with E-state index >= 15 is 0 Å². The summed E-state index contributed by atoms with van der Waals surface area (Å²) in [5, 5.41) is 3.34. The van der Waals surface area contributed by atoms with Crippen LogP contribution in [0.15, 0.2) is 41.1 Å². The summed E-state index contributed by atoms with van der Waals surface area (Å²) in [5.74, 6) is 6.66. The van der Waals surface area contributed by atoms with Gasteiger partial charge in [-0.3, -0.25) is 0 Å². The number of rotatable bonds is 5. The molecule has 4 N–H and O–H groups in total. The van der Waals surface area contributed by atoms with Crippen molar-refractivity contribution in [2.45, 2.75) is 19.4 Å². The fourth-order valence-corrected chi connectivity index (χ4v) is 2.26. The van der Waals surface area contributed by atoms with Gasteiger partial charge in [-0.2, -0.15) is 0 Å². The van der Waals surface area contributed by atoms with Gasteiger partial charge in [0, 0.05) is 6.04 Å². The highest BCUT2D eigenvalue weighted by Gasteiger charge is 2.10. The maximum Gasteiger partial charge on any atom is 0.159 e. The van der Waals surface area contributed by atoms with E-state index in [1.54, 1.807) is 0 Å². The van der Waals surface area contributed by atoms with Gasteiger partial charge >= 0.3 is 0 Å². The standard InChI is InChI=1S/C13H16BrN5/c1-9(7-10-5-3-2-4-6-10)18-12-11(14)13(19-15)17-8-16-12/h2-6,8-9H,7,15H2,1H3,(H2,16,17,18,19). The predicted molar refractivity (Wildman–Crippen MR) is 80.8 cm³/mol. The van der Waals surface area contributed by atoms with Crippen molar-refractivity contribution in [3.63, 3.8) is 0 Å². The Labute approximate surface area is 120 Å². The van der Waals surface area contributed by atoms with Crippen molar-refractivity contribution in [1.29, 1.82) is 0 Å². The molecule has 0 amide bonds. The number of nitrogens with zero attached hydrogens (tertiary/aromatic N) is 2. The minimum absolute atomic E-state index is 0.249. The molecule has 1 atom stereocenters. The molecule has 0 saturated carbocycles. The third-order valence-corrected chi connectivity index (χ3v) is 3.45. The highest BCUT2D eigenvalue weighted by Crippen LogP contribution is 2.26. The third-order valence-electron chi connectivity index (χ3n) is 2.69. The van der Waals surface area contributed by atoms with Crippen LogP contribution in [0.3, 0.4) is 0 Å². The van der Waals surface area contributed by atoms with Crippen LogP contribution >= 0.6 is 15.9 Å². The maximum atomic E-state index is 5.38. The molecule has 100 valence electrons. The molecule has 0 aliphatic carbocycles. The SMILES string of the molecule is CC(Cc1ccccc1)Nc1ncnc(NN)c1Br. The summed E-state index contributed by atoms with van der Waals surface area (Å²) in [7, 11) is 0. The van der Waals surface area contributed by atoms with Crippen LogP contribution in [0.1, 0.15) is 12.5 Å². The van der Waals surface area contributed by atoms with Gasteiger partial charge in [0.2, 0.25) is 0 Å². The molecule has 0 saturated heterocycles. The van der Waals surface area contributed by atoms with E-state index in [4.69, 9.17) is 5.84 Å². The molecule has 0 fully saturated rings. The van der Waals surface area contributed by atoms with E-state index in [-0.39, 0.29) is 6.04 Å². The second-order valence-corrected chi connectivity index (χ2v) is 5.06. The summed E-state index contributed by atoms with van der Waals surface area (Å²) in [6.07, 6.45) is 2.39. The van der Waals surface area contributed by atoms with Crippen molar-refractivity contribution >= 4 is 27.6 Å². The zero-order valence-corrected chi connectivity index (χ0v) is 12.2. The van der Waals surface area contributed by atoms with Crippen LogP contribution in [0.4, 0.5) is 11.6 Å². The van der Waals surface area contributed by atoms with Gasteiger partial charge in [-0.15, -0.1) is 0 Å². The van der Waals surface area contributed by atoms with Gasteiger partial charge in [-0.05, 0) is 34.8 Å². The van der Waals surface area contributed by atoms with E-state index < -0.39 is 0 Å². The summed E-state index contributed by atoms with van der Waals surface area (Å²) in [5.41, 5.74) is 3.80. The van der Waals surface area contributed by atoms with Crippen LogP contribution in [0.25, 0.3) is 0 Å². The quantitative estimate of drug-likeness (QED) is 0.583. The molecule has 1 aromatic heterocycles. The lowest BCUT2D eigenvalue weighted by Gasteiger charge is -2.16. The Balaban J connectivity index is 2.05. The lowest BCUT2D eigenvalue weighted by Crippen LogP contribution is -2.20. The molecule has 2 rings (SSSR count). The van der Waals surface area contributed by atoms with Gasteiger partial charge in [0.1, 0.15) is 16.6 Å². The number of nitrogens with two attached hydrogens (primary N) is 1. The molecule has 0 aliphatic heterocycles. The van der Waals surface area contributed by atoms with Gasteiger partial charge in [0.25, 0.3) is 0 Å². The van der Waals surface area contributed by atoms with Crippen molar-refractivity contribution in [3.8, 4) is 0 Å². The first kappa shape index (κ1) is 13.8. The average molecular weight is 322 g/mol. The lowest BCUT2D eigenvalue weighted by molar-refractivity contribution is 0.782. The molecule has 1 aromatic carbocycles. The smallest absolute Gasteiger partial charge is 0.159 e. The Morgan fingerprint density at radius 2 is 1.89 bits per heavy atom. The summed E-state index contributed by atoms with van der Waals surface area (Å²) < 4.78 is 0.734. The molecule has 0 spiro atoms. The molecule has 5 nitrogen and oxygen atoms in total. The highest BCUT2D eigenvalue weighted by molar-refractivity contribution is 9.10. The number of hydrogen-bond acceptors (Lipinski definition) is 5. The average Bonchev–Trinajstić information content (AvgIpc) is 2.42. The summed E-state index contributed by atoms with van der Waals surface area (Å²) in [6.45, 7) is 2.11. The molecule has 19 heavy (non-hydrogen) atoms. The fraction of sp³-hybridized carbons (Fsp3) is 0.231. The number of hydrazine groups is 1. The van der Waals surface area contributed by atoms with Gasteiger partial charge < -0.3 is 10.7 Å². The number of anilines is 2. The van der Waals surface area contributed by atoms with Gasteiger partial charge in [-0.25, -0.2) is 15.8 Å². The molecular weight excluding hydrogens is 306 g/mol. The zero-order valence-electron chi connectivity index (χ0n) is 10.6. The van der Waals surface area contributed by atoms with E-state index in [1.807, 2.05) is 18.2 Å². The molecule has 0 bridgehead atoms. The van der Waals surface area contributed by atoms with E-state index in [0.717, 1.165) is 16.7 Å². The topological polar surface area (TPSA) is 75.9 Å². The second kappa shape index (κ2) is 6.49. The molecule has 2 aromatic rings. The third kappa shape index (κ3) is 3.65. The predicted octanol–water partition coefficient (Wildman–Crippen LogP) is 2.57. The maximum absolute atomic E-state index is 5.38. The first-order chi connectivity index (χ1) is 9.20. The van der Waals surface area contributed by atoms with Crippen molar-refractivity contribution < 1.29 is 0 Å². The number of nitrogens with one attached hydrogen (secondary N) is 2. The molecular formula is C13H16BrN5. The van der Waals surface area contributed by atoms with Crippen molar-refractivity contribution in [2.24, 2.45) is 5.84 Å². The van der Waals surface area contributed by atoms with Crippen LogP contribution in [0.5, 0.6) is 0 Å². The first-order valence-corrected chi connectivity index (χ1v) is 6.77. The van der Waals surface area contributed by atoms with Crippen molar-refractivity contribution in [1.82, 2.24) is 9.97 Å².